The molecule has 0 aromatic heterocycles. The molecule has 0 atom stereocenters. The van der Waals surface area contributed by atoms with Crippen LogP contribution in [-0.4, -0.2) is 30.4 Å². The average Bonchev–Trinajstić information content (AvgIpc) is 3.09. The number of carbonyl (C=O) groups excluding carboxylic acids is 1. The second-order valence-corrected chi connectivity index (χ2v) is 6.77. The van der Waals surface area contributed by atoms with E-state index in [0.717, 1.165) is 38.9 Å². The van der Waals surface area contributed by atoms with Crippen molar-refractivity contribution in [3.05, 3.63) is 35.4 Å². The minimum Gasteiger partial charge on any atom is -0.356 e. The van der Waals surface area contributed by atoms with E-state index >= 15 is 0 Å². The van der Waals surface area contributed by atoms with Crippen LogP contribution in [0.3, 0.4) is 0 Å². The summed E-state index contributed by atoms with van der Waals surface area (Å²) in [6.45, 7) is 4.25. The minimum absolute atomic E-state index is 0.296. The predicted molar refractivity (Wildman–Crippen MR) is 89.6 cm³/mol. The lowest BCUT2D eigenvalue weighted by Crippen LogP contribution is -2.33. The molecule has 2 aliphatic rings. The molecule has 1 aromatic carbocycles. The largest absolute Gasteiger partial charge is 0.356 e. The van der Waals surface area contributed by atoms with Crippen LogP contribution in [0, 0.1) is 5.92 Å². The fourth-order valence-electron chi connectivity index (χ4n) is 3.75. The van der Waals surface area contributed by atoms with Gasteiger partial charge in [0.2, 0.25) is 5.91 Å². The van der Waals surface area contributed by atoms with Crippen LogP contribution >= 0.6 is 0 Å². The standard InChI is InChI=1S/C19H28N2O/c22-19(17-8-2-3-9-17)20-12-5-6-13-21-14-11-16-7-1-4-10-18(16)15-21/h1,4,7,10,17H,2-3,5-6,8-9,11-15H2,(H,20,22). The number of hydrogen-bond acceptors (Lipinski definition) is 2. The molecule has 3 heteroatoms. The molecule has 1 N–H and O–H groups in total. The second-order valence-electron chi connectivity index (χ2n) is 6.77. The highest BCUT2D eigenvalue weighted by molar-refractivity contribution is 5.78. The van der Waals surface area contributed by atoms with Gasteiger partial charge >= 0.3 is 0 Å². The molecule has 1 amide bonds. The molecule has 0 unspecified atom stereocenters. The zero-order chi connectivity index (χ0) is 15.2. The summed E-state index contributed by atoms with van der Waals surface area (Å²) in [6, 6.07) is 8.79. The summed E-state index contributed by atoms with van der Waals surface area (Å²) in [5, 5.41) is 3.12. The number of unbranched alkanes of at least 4 members (excludes halogenated alkanes) is 1. The zero-order valence-electron chi connectivity index (χ0n) is 13.5. The highest BCUT2D eigenvalue weighted by atomic mass is 16.1. The smallest absolute Gasteiger partial charge is 0.223 e. The van der Waals surface area contributed by atoms with E-state index < -0.39 is 0 Å². The number of benzene rings is 1. The van der Waals surface area contributed by atoms with Crippen molar-refractivity contribution in [1.29, 1.82) is 0 Å². The van der Waals surface area contributed by atoms with Gasteiger partial charge in [0.05, 0.1) is 0 Å². The first-order chi connectivity index (χ1) is 10.8. The van der Waals surface area contributed by atoms with Gasteiger partial charge in [0.1, 0.15) is 0 Å². The number of fused-ring (bicyclic) bond motifs is 1. The Morgan fingerprint density at radius 1 is 1.14 bits per heavy atom. The summed E-state index contributed by atoms with van der Waals surface area (Å²) in [7, 11) is 0. The third kappa shape index (κ3) is 4.10. The zero-order valence-corrected chi connectivity index (χ0v) is 13.5. The summed E-state index contributed by atoms with van der Waals surface area (Å²) < 4.78 is 0. The number of nitrogens with one attached hydrogen (secondary N) is 1. The topological polar surface area (TPSA) is 32.3 Å². The summed E-state index contributed by atoms with van der Waals surface area (Å²) >= 11 is 0. The van der Waals surface area contributed by atoms with E-state index in [0.29, 0.717) is 11.8 Å². The molecular formula is C19H28N2O. The maximum absolute atomic E-state index is 11.9. The summed E-state index contributed by atoms with van der Waals surface area (Å²) in [4.78, 5) is 14.5. The summed E-state index contributed by atoms with van der Waals surface area (Å²) in [5.74, 6) is 0.600. The first-order valence-electron chi connectivity index (χ1n) is 8.90. The van der Waals surface area contributed by atoms with Gasteiger partial charge in [-0.2, -0.15) is 0 Å². The Kier molecular flexibility index (Phi) is 5.49. The van der Waals surface area contributed by atoms with Gasteiger partial charge in [0.15, 0.2) is 0 Å². The van der Waals surface area contributed by atoms with Crippen molar-refractivity contribution in [2.75, 3.05) is 19.6 Å². The van der Waals surface area contributed by atoms with Gasteiger partial charge in [-0.15, -0.1) is 0 Å². The van der Waals surface area contributed by atoms with Gasteiger partial charge in [0.25, 0.3) is 0 Å². The molecule has 3 rings (SSSR count). The molecular weight excluding hydrogens is 272 g/mol. The van der Waals surface area contributed by atoms with Crippen molar-refractivity contribution in [3.63, 3.8) is 0 Å². The lowest BCUT2D eigenvalue weighted by molar-refractivity contribution is -0.124. The van der Waals surface area contributed by atoms with E-state index in [4.69, 9.17) is 0 Å². The second kappa shape index (κ2) is 7.77. The molecule has 1 aliphatic heterocycles. The summed E-state index contributed by atoms with van der Waals surface area (Å²) in [6.07, 6.45) is 8.10. The number of carbonyl (C=O) groups is 1. The Balaban J connectivity index is 1.30. The number of hydrogen-bond donors (Lipinski definition) is 1. The maximum atomic E-state index is 11.9. The van der Waals surface area contributed by atoms with Crippen molar-refractivity contribution < 1.29 is 4.79 Å². The van der Waals surface area contributed by atoms with Crippen molar-refractivity contribution in [2.24, 2.45) is 5.92 Å². The Morgan fingerprint density at radius 3 is 2.73 bits per heavy atom. The van der Waals surface area contributed by atoms with E-state index in [9.17, 15) is 4.79 Å². The van der Waals surface area contributed by atoms with Crippen LogP contribution in [0.2, 0.25) is 0 Å². The van der Waals surface area contributed by atoms with Gasteiger partial charge in [-0.3, -0.25) is 9.69 Å². The van der Waals surface area contributed by atoms with Crippen LogP contribution in [0.25, 0.3) is 0 Å². The van der Waals surface area contributed by atoms with Crippen LogP contribution < -0.4 is 5.32 Å². The fourth-order valence-corrected chi connectivity index (χ4v) is 3.75. The van der Waals surface area contributed by atoms with Crippen LogP contribution in [0.1, 0.15) is 49.7 Å². The van der Waals surface area contributed by atoms with Gasteiger partial charge in [0, 0.05) is 25.6 Å². The van der Waals surface area contributed by atoms with Crippen LogP contribution in [0.4, 0.5) is 0 Å². The average molecular weight is 300 g/mol. The molecule has 1 aromatic rings. The number of nitrogens with zero attached hydrogens (tertiary/aromatic N) is 1. The van der Waals surface area contributed by atoms with E-state index in [1.165, 1.54) is 43.4 Å². The highest BCUT2D eigenvalue weighted by Crippen LogP contribution is 2.24. The molecule has 1 aliphatic carbocycles. The van der Waals surface area contributed by atoms with Gasteiger partial charge in [-0.1, -0.05) is 37.1 Å². The fraction of sp³-hybridized carbons (Fsp3) is 0.632. The van der Waals surface area contributed by atoms with Gasteiger partial charge < -0.3 is 5.32 Å². The lowest BCUT2D eigenvalue weighted by atomic mass is 10.00. The Morgan fingerprint density at radius 2 is 1.91 bits per heavy atom. The first-order valence-corrected chi connectivity index (χ1v) is 8.90. The van der Waals surface area contributed by atoms with E-state index in [2.05, 4.69) is 34.5 Å². The third-order valence-electron chi connectivity index (χ3n) is 5.14. The van der Waals surface area contributed by atoms with Gasteiger partial charge in [-0.25, -0.2) is 0 Å². The molecule has 0 bridgehead atoms. The Hall–Kier alpha value is -1.35. The number of amides is 1. The SMILES string of the molecule is O=C(NCCCCN1CCc2ccccc2C1)C1CCCC1. The molecule has 0 spiro atoms. The molecule has 1 fully saturated rings. The molecule has 0 saturated heterocycles. The third-order valence-corrected chi connectivity index (χ3v) is 5.14. The maximum Gasteiger partial charge on any atom is 0.223 e. The van der Waals surface area contributed by atoms with Crippen LogP contribution in [0.5, 0.6) is 0 Å². The molecule has 1 heterocycles. The normalized spacial score (nSPS) is 19.1. The Labute approximate surface area is 134 Å². The molecule has 22 heavy (non-hydrogen) atoms. The number of rotatable bonds is 6. The monoisotopic (exact) mass is 300 g/mol. The van der Waals surface area contributed by atoms with E-state index in [1.54, 1.807) is 0 Å². The molecule has 120 valence electrons. The van der Waals surface area contributed by atoms with Crippen molar-refractivity contribution in [2.45, 2.75) is 51.5 Å². The molecule has 0 radical (unpaired) electrons. The highest BCUT2D eigenvalue weighted by Gasteiger charge is 2.22. The molecule has 3 nitrogen and oxygen atoms in total. The van der Waals surface area contributed by atoms with Gasteiger partial charge in [-0.05, 0) is 49.8 Å². The van der Waals surface area contributed by atoms with E-state index in [1.807, 2.05) is 0 Å². The summed E-state index contributed by atoms with van der Waals surface area (Å²) in [5.41, 5.74) is 3.01. The van der Waals surface area contributed by atoms with Crippen molar-refractivity contribution >= 4 is 5.91 Å². The molecule has 1 saturated carbocycles. The lowest BCUT2D eigenvalue weighted by Gasteiger charge is -2.28. The van der Waals surface area contributed by atoms with E-state index in [-0.39, 0.29) is 0 Å². The first kappa shape index (κ1) is 15.5. The predicted octanol–water partition coefficient (Wildman–Crippen LogP) is 3.13. The van der Waals surface area contributed by atoms with Crippen molar-refractivity contribution in [1.82, 2.24) is 10.2 Å². The van der Waals surface area contributed by atoms with Crippen LogP contribution in [0.15, 0.2) is 24.3 Å². The Bertz CT molecular complexity index is 494. The van der Waals surface area contributed by atoms with Crippen molar-refractivity contribution in [3.8, 4) is 0 Å². The quantitative estimate of drug-likeness (QED) is 0.819. The van der Waals surface area contributed by atoms with Crippen LogP contribution in [-0.2, 0) is 17.8 Å². The minimum atomic E-state index is 0.296.